The molecule has 1 aliphatic heterocycles. The molecular formula is C23H26O4. The minimum absolute atomic E-state index is 0.159. The number of hydrogen-bond donors (Lipinski definition) is 0. The van der Waals surface area contributed by atoms with Gasteiger partial charge in [0.25, 0.3) is 0 Å². The Bertz CT molecular complexity index is 725. The summed E-state index contributed by atoms with van der Waals surface area (Å²) in [5.41, 5.74) is 4.85. The summed E-state index contributed by atoms with van der Waals surface area (Å²) in [5.74, 6) is 0.159. The van der Waals surface area contributed by atoms with Crippen molar-refractivity contribution in [3.05, 3.63) is 90.4 Å². The van der Waals surface area contributed by atoms with E-state index in [0.717, 1.165) is 11.1 Å². The van der Waals surface area contributed by atoms with Crippen LogP contribution in [0, 0.1) is 5.92 Å². The van der Waals surface area contributed by atoms with Crippen LogP contribution in [0.2, 0.25) is 0 Å². The van der Waals surface area contributed by atoms with Gasteiger partial charge in [-0.2, -0.15) is 0 Å². The average Bonchev–Trinajstić information content (AvgIpc) is 2.72. The predicted octanol–water partition coefficient (Wildman–Crippen LogP) is 4.46. The third kappa shape index (κ3) is 5.56. The fraction of sp³-hybridized carbons (Fsp3) is 0.348. The van der Waals surface area contributed by atoms with Crippen molar-refractivity contribution >= 4 is 0 Å². The molecule has 1 fully saturated rings. The molecule has 2 aromatic carbocycles. The molecule has 0 radical (unpaired) electrons. The quantitative estimate of drug-likeness (QED) is 0.510. The molecule has 0 saturated carbocycles. The number of benzene rings is 2. The van der Waals surface area contributed by atoms with Gasteiger partial charge in [0.05, 0.1) is 19.8 Å². The van der Waals surface area contributed by atoms with Gasteiger partial charge in [0.2, 0.25) is 0 Å². The van der Waals surface area contributed by atoms with Crippen LogP contribution in [0.15, 0.2) is 79.2 Å². The molecule has 1 aliphatic rings. The Labute approximate surface area is 161 Å². The van der Waals surface area contributed by atoms with Gasteiger partial charge in [0.15, 0.2) is 6.29 Å². The van der Waals surface area contributed by atoms with Gasteiger partial charge >= 0.3 is 0 Å². The second-order valence-corrected chi connectivity index (χ2v) is 6.66. The lowest BCUT2D eigenvalue weighted by atomic mass is 9.97. The second-order valence-electron chi connectivity index (χ2n) is 6.66. The van der Waals surface area contributed by atoms with Crippen molar-refractivity contribution in [2.75, 3.05) is 6.61 Å². The zero-order valence-electron chi connectivity index (χ0n) is 15.6. The zero-order valence-corrected chi connectivity index (χ0v) is 15.6. The van der Waals surface area contributed by atoms with E-state index < -0.39 is 6.29 Å². The lowest BCUT2D eigenvalue weighted by molar-refractivity contribution is -0.276. The van der Waals surface area contributed by atoms with Crippen LogP contribution in [0.4, 0.5) is 0 Å². The molecular weight excluding hydrogens is 340 g/mol. The lowest BCUT2D eigenvalue weighted by Crippen LogP contribution is -2.52. The van der Waals surface area contributed by atoms with E-state index in [9.17, 15) is 0 Å². The molecule has 1 heterocycles. The average molecular weight is 366 g/mol. The van der Waals surface area contributed by atoms with Gasteiger partial charge in [0, 0.05) is 5.92 Å². The summed E-state index contributed by atoms with van der Waals surface area (Å²) in [7, 11) is 0. The highest BCUT2D eigenvalue weighted by molar-refractivity contribution is 5.14. The van der Waals surface area contributed by atoms with Crippen molar-refractivity contribution in [3.63, 3.8) is 0 Å². The summed E-state index contributed by atoms with van der Waals surface area (Å²) < 4.78 is 24.0. The van der Waals surface area contributed by atoms with Crippen molar-refractivity contribution in [2.24, 2.45) is 5.92 Å². The van der Waals surface area contributed by atoms with E-state index >= 15 is 0 Å². The first-order chi connectivity index (χ1) is 13.3. The summed E-state index contributed by atoms with van der Waals surface area (Å²) in [5, 5.41) is 0. The zero-order chi connectivity index (χ0) is 18.9. The van der Waals surface area contributed by atoms with Gasteiger partial charge < -0.3 is 18.9 Å². The molecule has 4 nitrogen and oxygen atoms in total. The van der Waals surface area contributed by atoms with E-state index in [0.29, 0.717) is 19.8 Å². The van der Waals surface area contributed by atoms with Crippen LogP contribution < -0.4 is 0 Å². The molecule has 4 atom stereocenters. The molecule has 0 aliphatic carbocycles. The number of ether oxygens (including phenoxy) is 4. The van der Waals surface area contributed by atoms with Crippen LogP contribution in [-0.4, -0.2) is 25.1 Å². The highest BCUT2D eigenvalue weighted by Crippen LogP contribution is 2.28. The van der Waals surface area contributed by atoms with Crippen molar-refractivity contribution in [1.82, 2.24) is 0 Å². The fourth-order valence-corrected chi connectivity index (χ4v) is 3.09. The van der Waals surface area contributed by atoms with Gasteiger partial charge in [0.1, 0.15) is 18.5 Å². The smallest absolute Gasteiger partial charge is 0.187 e. The van der Waals surface area contributed by atoms with Crippen molar-refractivity contribution < 1.29 is 18.9 Å². The first kappa shape index (κ1) is 19.4. The maximum atomic E-state index is 6.21. The molecule has 0 aromatic heterocycles. The van der Waals surface area contributed by atoms with Gasteiger partial charge in [-0.3, -0.25) is 0 Å². The van der Waals surface area contributed by atoms with Crippen LogP contribution in [0.3, 0.4) is 0 Å². The normalized spacial score (nSPS) is 24.8. The largest absolute Gasteiger partial charge is 0.487 e. The Hall–Kier alpha value is -2.36. The van der Waals surface area contributed by atoms with E-state index in [1.807, 2.05) is 60.7 Å². The minimum atomic E-state index is -0.506. The van der Waals surface area contributed by atoms with E-state index in [4.69, 9.17) is 18.9 Å². The predicted molar refractivity (Wildman–Crippen MR) is 104 cm³/mol. The first-order valence-electron chi connectivity index (χ1n) is 9.20. The first-order valence-corrected chi connectivity index (χ1v) is 9.20. The van der Waals surface area contributed by atoms with Crippen LogP contribution in [0.25, 0.3) is 0 Å². The van der Waals surface area contributed by atoms with E-state index in [1.54, 1.807) is 0 Å². The number of rotatable bonds is 8. The lowest BCUT2D eigenvalue weighted by Gasteiger charge is -2.40. The number of hydrogen-bond acceptors (Lipinski definition) is 4. The van der Waals surface area contributed by atoms with Crippen molar-refractivity contribution in [2.45, 2.75) is 38.6 Å². The summed E-state index contributed by atoms with van der Waals surface area (Å²) in [6.07, 6.45) is 0.424. The molecule has 0 unspecified atom stereocenters. The summed E-state index contributed by atoms with van der Waals surface area (Å²) in [6.45, 7) is 7.11. The molecule has 2 aromatic rings. The molecule has 142 valence electrons. The highest BCUT2D eigenvalue weighted by atomic mass is 16.7. The van der Waals surface area contributed by atoms with Crippen LogP contribution in [0.1, 0.15) is 18.1 Å². The molecule has 1 saturated heterocycles. The van der Waals surface area contributed by atoms with Crippen LogP contribution in [0.5, 0.6) is 0 Å². The van der Waals surface area contributed by atoms with Crippen molar-refractivity contribution in [3.8, 4) is 0 Å². The Kier molecular flexibility index (Phi) is 7.26. The monoisotopic (exact) mass is 366 g/mol. The van der Waals surface area contributed by atoms with E-state index in [-0.39, 0.29) is 18.1 Å². The molecule has 4 heteroatoms. The SMILES string of the molecule is C=C=CO[C@@H]1[C@@H](OCc2ccccc2)[C@@H](OCc2ccccc2)OC[C@H]1C. The van der Waals surface area contributed by atoms with E-state index in [2.05, 4.69) is 19.2 Å². The Morgan fingerprint density at radius 2 is 1.56 bits per heavy atom. The fourth-order valence-electron chi connectivity index (χ4n) is 3.09. The summed E-state index contributed by atoms with van der Waals surface area (Å²) >= 11 is 0. The highest BCUT2D eigenvalue weighted by Gasteiger charge is 2.41. The van der Waals surface area contributed by atoms with Crippen LogP contribution >= 0.6 is 0 Å². The standard InChI is InChI=1S/C23H26O4/c1-3-14-24-21-18(2)15-26-23(27-17-20-12-8-5-9-13-20)22(21)25-16-19-10-6-4-7-11-19/h4-14,18,21-23H,1,15-17H2,2H3/t18-,21+,22-,23-/m1/s1. The molecule has 0 spiro atoms. The molecule has 0 bridgehead atoms. The van der Waals surface area contributed by atoms with Crippen LogP contribution in [-0.2, 0) is 32.2 Å². The summed E-state index contributed by atoms with van der Waals surface area (Å²) in [6, 6.07) is 20.1. The molecule has 0 N–H and O–H groups in total. The van der Waals surface area contributed by atoms with Gasteiger partial charge in [-0.05, 0) is 11.1 Å². The Morgan fingerprint density at radius 1 is 0.963 bits per heavy atom. The second kappa shape index (κ2) is 10.1. The van der Waals surface area contributed by atoms with Gasteiger partial charge in [-0.15, -0.1) is 0 Å². The van der Waals surface area contributed by atoms with Crippen molar-refractivity contribution in [1.29, 1.82) is 0 Å². The minimum Gasteiger partial charge on any atom is -0.487 e. The van der Waals surface area contributed by atoms with E-state index in [1.165, 1.54) is 6.26 Å². The Morgan fingerprint density at radius 3 is 2.15 bits per heavy atom. The maximum Gasteiger partial charge on any atom is 0.187 e. The molecule has 0 amide bonds. The Balaban J connectivity index is 1.70. The topological polar surface area (TPSA) is 36.9 Å². The molecule has 27 heavy (non-hydrogen) atoms. The maximum absolute atomic E-state index is 6.21. The molecule has 3 rings (SSSR count). The third-order valence-electron chi connectivity index (χ3n) is 4.53. The van der Waals surface area contributed by atoms with Gasteiger partial charge in [-0.25, -0.2) is 0 Å². The van der Waals surface area contributed by atoms with Gasteiger partial charge in [-0.1, -0.05) is 79.9 Å². The summed E-state index contributed by atoms with van der Waals surface area (Å²) in [4.78, 5) is 0. The third-order valence-corrected chi connectivity index (χ3v) is 4.53.